The van der Waals surface area contributed by atoms with Crippen LogP contribution in [0.4, 0.5) is 5.69 Å². The Kier molecular flexibility index (Phi) is 5.82. The SMILES string of the molecule is Nc1ccc2c(ccn2Cc2ccc(C(=O)OC(=O)[C@@H](N)Cc3ccccc3)cc2)c1. The molecule has 0 saturated heterocycles. The van der Waals surface area contributed by atoms with Gasteiger partial charge in [-0.25, -0.2) is 9.59 Å². The van der Waals surface area contributed by atoms with Gasteiger partial charge in [0.1, 0.15) is 6.04 Å². The van der Waals surface area contributed by atoms with Crippen LogP contribution in [0.1, 0.15) is 21.5 Å². The van der Waals surface area contributed by atoms with Crippen molar-refractivity contribution in [1.82, 2.24) is 4.57 Å². The highest BCUT2D eigenvalue weighted by atomic mass is 16.6. The predicted octanol–water partition coefficient (Wildman–Crippen LogP) is 3.53. The molecule has 1 heterocycles. The molecule has 31 heavy (non-hydrogen) atoms. The second kappa shape index (κ2) is 8.85. The third-order valence-electron chi connectivity index (χ3n) is 5.13. The summed E-state index contributed by atoms with van der Waals surface area (Å²) < 4.78 is 7.07. The molecule has 0 fully saturated rings. The van der Waals surface area contributed by atoms with Crippen LogP contribution in [0.25, 0.3) is 10.9 Å². The summed E-state index contributed by atoms with van der Waals surface area (Å²) in [7, 11) is 0. The first-order valence-corrected chi connectivity index (χ1v) is 9.98. The number of nitrogens with zero attached hydrogens (tertiary/aromatic N) is 1. The first-order valence-electron chi connectivity index (χ1n) is 9.98. The van der Waals surface area contributed by atoms with Gasteiger partial charge < -0.3 is 20.8 Å². The van der Waals surface area contributed by atoms with Gasteiger partial charge in [0, 0.05) is 29.3 Å². The molecule has 0 saturated carbocycles. The zero-order valence-electron chi connectivity index (χ0n) is 16.9. The van der Waals surface area contributed by atoms with Crippen molar-refractivity contribution in [3.8, 4) is 0 Å². The Morgan fingerprint density at radius 2 is 1.65 bits per heavy atom. The summed E-state index contributed by atoms with van der Waals surface area (Å²) in [4.78, 5) is 24.5. The fourth-order valence-corrected chi connectivity index (χ4v) is 3.48. The van der Waals surface area contributed by atoms with Crippen LogP contribution in [-0.2, 0) is 22.5 Å². The van der Waals surface area contributed by atoms with E-state index in [9.17, 15) is 9.59 Å². The first-order chi connectivity index (χ1) is 15.0. The molecule has 0 aliphatic carbocycles. The molecular weight excluding hydrogens is 390 g/mol. The lowest BCUT2D eigenvalue weighted by molar-refractivity contribution is -0.139. The Labute approximate surface area is 180 Å². The lowest BCUT2D eigenvalue weighted by Crippen LogP contribution is -2.35. The van der Waals surface area contributed by atoms with Crippen molar-refractivity contribution in [2.45, 2.75) is 19.0 Å². The maximum absolute atomic E-state index is 12.3. The number of nitrogens with two attached hydrogens (primary N) is 2. The average Bonchev–Trinajstić information content (AvgIpc) is 3.16. The number of benzene rings is 3. The zero-order valence-corrected chi connectivity index (χ0v) is 16.9. The number of ether oxygens (including phenoxy) is 1. The number of rotatable bonds is 6. The molecule has 0 amide bonds. The van der Waals surface area contributed by atoms with Crippen molar-refractivity contribution in [1.29, 1.82) is 0 Å². The summed E-state index contributed by atoms with van der Waals surface area (Å²) >= 11 is 0. The van der Waals surface area contributed by atoms with E-state index in [1.54, 1.807) is 12.1 Å². The van der Waals surface area contributed by atoms with Crippen molar-refractivity contribution < 1.29 is 14.3 Å². The molecular formula is C25H23N3O3. The molecule has 3 aromatic carbocycles. The summed E-state index contributed by atoms with van der Waals surface area (Å²) in [5, 5.41) is 1.07. The molecule has 6 nitrogen and oxygen atoms in total. The van der Waals surface area contributed by atoms with E-state index in [1.807, 2.05) is 72.9 Å². The van der Waals surface area contributed by atoms with Gasteiger partial charge in [0.2, 0.25) is 0 Å². The third kappa shape index (κ3) is 4.82. The minimum Gasteiger partial charge on any atom is -0.399 e. The van der Waals surface area contributed by atoms with Gasteiger partial charge in [0.15, 0.2) is 0 Å². The standard InChI is InChI=1S/C25H23N3O3/c26-21-10-11-23-20(15-21)12-13-28(23)16-18-6-8-19(9-7-18)24(29)31-25(30)22(27)14-17-4-2-1-3-5-17/h1-13,15,22H,14,16,26-27H2/t22-/m0/s1. The second-order valence-corrected chi connectivity index (χ2v) is 7.46. The number of hydrogen-bond donors (Lipinski definition) is 2. The fourth-order valence-electron chi connectivity index (χ4n) is 3.48. The van der Waals surface area contributed by atoms with Crippen LogP contribution < -0.4 is 11.5 Å². The molecule has 0 unspecified atom stereocenters. The van der Waals surface area contributed by atoms with Gasteiger partial charge in [0.25, 0.3) is 0 Å². The summed E-state index contributed by atoms with van der Waals surface area (Å²) in [6.45, 7) is 0.642. The summed E-state index contributed by atoms with van der Waals surface area (Å²) in [5.74, 6) is -1.45. The van der Waals surface area contributed by atoms with E-state index in [4.69, 9.17) is 16.2 Å². The monoisotopic (exact) mass is 413 g/mol. The number of carbonyl (C=O) groups is 2. The minimum atomic E-state index is -0.901. The topological polar surface area (TPSA) is 100 Å². The maximum atomic E-state index is 12.3. The number of anilines is 1. The molecule has 4 N–H and O–H groups in total. The van der Waals surface area contributed by atoms with Crippen LogP contribution in [-0.4, -0.2) is 22.5 Å². The molecule has 6 heteroatoms. The second-order valence-electron chi connectivity index (χ2n) is 7.46. The van der Waals surface area contributed by atoms with Gasteiger partial charge >= 0.3 is 11.9 Å². The molecule has 0 spiro atoms. The highest BCUT2D eigenvalue weighted by molar-refractivity contribution is 5.98. The highest BCUT2D eigenvalue weighted by Gasteiger charge is 2.20. The van der Waals surface area contributed by atoms with Crippen molar-refractivity contribution in [2.75, 3.05) is 5.73 Å². The molecule has 4 aromatic rings. The Morgan fingerprint density at radius 3 is 2.39 bits per heavy atom. The number of carbonyl (C=O) groups excluding carboxylic acids is 2. The largest absolute Gasteiger partial charge is 0.399 e. The van der Waals surface area contributed by atoms with E-state index in [1.165, 1.54) is 0 Å². The van der Waals surface area contributed by atoms with Crippen LogP contribution in [0.2, 0.25) is 0 Å². The molecule has 1 aromatic heterocycles. The lowest BCUT2D eigenvalue weighted by atomic mass is 10.1. The Morgan fingerprint density at radius 1 is 0.903 bits per heavy atom. The highest BCUT2D eigenvalue weighted by Crippen LogP contribution is 2.20. The van der Waals surface area contributed by atoms with Gasteiger partial charge in [-0.1, -0.05) is 42.5 Å². The van der Waals surface area contributed by atoms with E-state index < -0.39 is 18.0 Å². The average molecular weight is 413 g/mol. The fraction of sp³-hybridized carbons (Fsp3) is 0.120. The van der Waals surface area contributed by atoms with Crippen LogP contribution >= 0.6 is 0 Å². The zero-order chi connectivity index (χ0) is 21.8. The summed E-state index contributed by atoms with van der Waals surface area (Å²) in [6.07, 6.45) is 2.31. The molecule has 0 aliphatic rings. The van der Waals surface area contributed by atoms with Crippen molar-refractivity contribution in [3.63, 3.8) is 0 Å². The van der Waals surface area contributed by atoms with Crippen LogP contribution in [0, 0.1) is 0 Å². The Hall–Kier alpha value is -3.90. The predicted molar refractivity (Wildman–Crippen MR) is 120 cm³/mol. The Balaban J connectivity index is 1.38. The van der Waals surface area contributed by atoms with Gasteiger partial charge in [-0.05, 0) is 53.9 Å². The Bertz CT molecular complexity index is 1210. The number of aromatic nitrogens is 1. The molecule has 0 radical (unpaired) electrons. The van der Waals surface area contributed by atoms with Crippen molar-refractivity contribution in [2.24, 2.45) is 5.73 Å². The maximum Gasteiger partial charge on any atom is 0.345 e. The van der Waals surface area contributed by atoms with Crippen molar-refractivity contribution in [3.05, 3.63) is 102 Å². The smallest absolute Gasteiger partial charge is 0.345 e. The molecule has 0 aliphatic heterocycles. The summed E-state index contributed by atoms with van der Waals surface area (Å²) in [6, 6.07) is 23.3. The minimum absolute atomic E-state index is 0.300. The van der Waals surface area contributed by atoms with Gasteiger partial charge in [0.05, 0.1) is 5.56 Å². The molecule has 4 rings (SSSR count). The van der Waals surface area contributed by atoms with Crippen LogP contribution in [0.15, 0.2) is 85.1 Å². The van der Waals surface area contributed by atoms with E-state index >= 15 is 0 Å². The number of esters is 2. The van der Waals surface area contributed by atoms with E-state index in [0.717, 1.165) is 27.7 Å². The van der Waals surface area contributed by atoms with Crippen LogP contribution in [0.3, 0.4) is 0 Å². The van der Waals surface area contributed by atoms with Crippen molar-refractivity contribution >= 4 is 28.5 Å². The number of nitrogen functional groups attached to an aromatic ring is 1. The molecule has 156 valence electrons. The number of hydrogen-bond acceptors (Lipinski definition) is 5. The van der Waals surface area contributed by atoms with Gasteiger partial charge in [-0.3, -0.25) is 0 Å². The first kappa shape index (κ1) is 20.4. The van der Waals surface area contributed by atoms with E-state index in [0.29, 0.717) is 18.5 Å². The molecule has 0 bridgehead atoms. The van der Waals surface area contributed by atoms with Gasteiger partial charge in [-0.15, -0.1) is 0 Å². The quantitative estimate of drug-likeness (QED) is 0.286. The third-order valence-corrected chi connectivity index (χ3v) is 5.13. The van der Waals surface area contributed by atoms with Crippen LogP contribution in [0.5, 0.6) is 0 Å². The van der Waals surface area contributed by atoms with Gasteiger partial charge in [-0.2, -0.15) is 0 Å². The van der Waals surface area contributed by atoms with E-state index in [-0.39, 0.29) is 0 Å². The normalized spacial score (nSPS) is 11.9. The summed E-state index contributed by atoms with van der Waals surface area (Å²) in [5.41, 5.74) is 15.8. The number of fused-ring (bicyclic) bond motifs is 1. The molecule has 1 atom stereocenters. The van der Waals surface area contributed by atoms with E-state index in [2.05, 4.69) is 4.57 Å². The lowest BCUT2D eigenvalue weighted by Gasteiger charge is -2.11.